The van der Waals surface area contributed by atoms with Crippen molar-refractivity contribution in [3.05, 3.63) is 29.3 Å². The quantitative estimate of drug-likeness (QED) is 0.623. The van der Waals surface area contributed by atoms with Crippen molar-refractivity contribution in [2.45, 2.75) is 44.9 Å². The SMILES string of the molecule is O=C(O)CCCCC(=O)c1ccc2c(c1)CCCC(=O)N2. The summed E-state index contributed by atoms with van der Waals surface area (Å²) in [5.41, 5.74) is 2.43. The van der Waals surface area contributed by atoms with Gasteiger partial charge in [0, 0.05) is 30.5 Å². The van der Waals surface area contributed by atoms with Crippen LogP contribution in [0.2, 0.25) is 0 Å². The first kappa shape index (κ1) is 15.2. The third-order valence-corrected chi connectivity index (χ3v) is 3.60. The summed E-state index contributed by atoms with van der Waals surface area (Å²) < 4.78 is 0. The predicted molar refractivity (Wildman–Crippen MR) is 78.4 cm³/mol. The van der Waals surface area contributed by atoms with Gasteiger partial charge in [0.05, 0.1) is 0 Å². The molecule has 0 unspecified atom stereocenters. The lowest BCUT2D eigenvalue weighted by molar-refractivity contribution is -0.137. The van der Waals surface area contributed by atoms with E-state index in [1.165, 1.54) is 0 Å². The summed E-state index contributed by atoms with van der Waals surface area (Å²) >= 11 is 0. The zero-order valence-corrected chi connectivity index (χ0v) is 11.9. The second-order valence-electron chi connectivity index (χ2n) is 5.30. The van der Waals surface area contributed by atoms with Gasteiger partial charge < -0.3 is 10.4 Å². The summed E-state index contributed by atoms with van der Waals surface area (Å²) in [5.74, 6) is -0.788. The molecule has 0 aromatic heterocycles. The van der Waals surface area contributed by atoms with Crippen molar-refractivity contribution in [2.75, 3.05) is 5.32 Å². The maximum atomic E-state index is 12.1. The Kier molecular flexibility index (Phi) is 5.09. The molecule has 0 bridgehead atoms. The van der Waals surface area contributed by atoms with Gasteiger partial charge in [0.15, 0.2) is 5.78 Å². The van der Waals surface area contributed by atoms with Gasteiger partial charge in [0.25, 0.3) is 0 Å². The maximum absolute atomic E-state index is 12.1. The number of benzene rings is 1. The molecule has 1 aliphatic rings. The van der Waals surface area contributed by atoms with Crippen LogP contribution in [0.5, 0.6) is 0 Å². The highest BCUT2D eigenvalue weighted by atomic mass is 16.4. The van der Waals surface area contributed by atoms with Gasteiger partial charge in [-0.1, -0.05) is 0 Å². The first-order chi connectivity index (χ1) is 10.1. The molecule has 1 heterocycles. The van der Waals surface area contributed by atoms with E-state index < -0.39 is 5.97 Å². The molecule has 1 aromatic rings. The standard InChI is InChI=1S/C16H19NO4/c18-14(5-1-2-7-16(20)21)12-8-9-13-11(10-12)4-3-6-15(19)17-13/h8-10H,1-7H2,(H,17,19)(H,20,21). The largest absolute Gasteiger partial charge is 0.481 e. The van der Waals surface area contributed by atoms with Crippen LogP contribution in [0.1, 0.15) is 54.4 Å². The molecule has 1 aliphatic heterocycles. The van der Waals surface area contributed by atoms with Crippen molar-refractivity contribution in [1.29, 1.82) is 0 Å². The van der Waals surface area contributed by atoms with Crippen molar-refractivity contribution in [3.8, 4) is 0 Å². The molecule has 0 saturated carbocycles. The Hall–Kier alpha value is -2.17. The predicted octanol–water partition coefficient (Wildman–Crippen LogP) is 2.79. The van der Waals surface area contributed by atoms with E-state index in [-0.39, 0.29) is 18.1 Å². The number of amides is 1. The Morgan fingerprint density at radius 2 is 1.90 bits per heavy atom. The number of unbranched alkanes of at least 4 members (excludes halogenated alkanes) is 1. The van der Waals surface area contributed by atoms with Gasteiger partial charge >= 0.3 is 5.97 Å². The normalized spacial score (nSPS) is 14.0. The molecule has 0 atom stereocenters. The number of carboxylic acid groups (broad SMARTS) is 1. The minimum Gasteiger partial charge on any atom is -0.481 e. The summed E-state index contributed by atoms with van der Waals surface area (Å²) in [7, 11) is 0. The van der Waals surface area contributed by atoms with E-state index in [1.807, 2.05) is 6.07 Å². The third kappa shape index (κ3) is 4.41. The van der Waals surface area contributed by atoms with Crippen LogP contribution in [-0.4, -0.2) is 22.8 Å². The molecule has 21 heavy (non-hydrogen) atoms. The fourth-order valence-electron chi connectivity index (χ4n) is 2.45. The number of carbonyl (C=O) groups excluding carboxylic acids is 2. The fourth-order valence-corrected chi connectivity index (χ4v) is 2.45. The molecule has 2 rings (SSSR count). The smallest absolute Gasteiger partial charge is 0.303 e. The number of carboxylic acids is 1. The molecule has 2 N–H and O–H groups in total. The van der Waals surface area contributed by atoms with Crippen LogP contribution in [0.25, 0.3) is 0 Å². The minimum atomic E-state index is -0.830. The number of carbonyl (C=O) groups is 3. The highest BCUT2D eigenvalue weighted by molar-refractivity contribution is 5.98. The summed E-state index contributed by atoms with van der Waals surface area (Å²) in [6.07, 6.45) is 3.64. The number of hydrogen-bond donors (Lipinski definition) is 2. The van der Waals surface area contributed by atoms with Crippen LogP contribution in [0, 0.1) is 0 Å². The van der Waals surface area contributed by atoms with Crippen LogP contribution in [-0.2, 0) is 16.0 Å². The Labute approximate surface area is 123 Å². The number of Topliss-reactive ketones (excluding diaryl/α,β-unsaturated/α-hetero) is 1. The van der Waals surface area contributed by atoms with Gasteiger partial charge in [-0.05, 0) is 49.4 Å². The summed E-state index contributed by atoms with van der Waals surface area (Å²) in [4.78, 5) is 34.0. The van der Waals surface area contributed by atoms with Crippen molar-refractivity contribution in [3.63, 3.8) is 0 Å². The van der Waals surface area contributed by atoms with E-state index in [4.69, 9.17) is 5.11 Å². The fraction of sp³-hybridized carbons (Fsp3) is 0.438. The van der Waals surface area contributed by atoms with Crippen molar-refractivity contribution in [2.24, 2.45) is 0 Å². The van der Waals surface area contributed by atoms with E-state index in [0.29, 0.717) is 31.2 Å². The van der Waals surface area contributed by atoms with Gasteiger partial charge in [0.1, 0.15) is 0 Å². The number of nitrogens with one attached hydrogen (secondary N) is 1. The average Bonchev–Trinajstić information content (AvgIpc) is 2.62. The Bertz CT molecular complexity index is 565. The lowest BCUT2D eigenvalue weighted by atomic mass is 9.99. The molecule has 0 aliphatic carbocycles. The molecule has 0 radical (unpaired) electrons. The number of anilines is 1. The highest BCUT2D eigenvalue weighted by Crippen LogP contribution is 2.24. The Morgan fingerprint density at radius 3 is 2.67 bits per heavy atom. The van der Waals surface area contributed by atoms with Crippen LogP contribution >= 0.6 is 0 Å². The molecular weight excluding hydrogens is 270 g/mol. The molecule has 5 heteroatoms. The number of fused-ring (bicyclic) bond motifs is 1. The lowest BCUT2D eigenvalue weighted by Gasteiger charge is -2.08. The van der Waals surface area contributed by atoms with Crippen molar-refractivity contribution in [1.82, 2.24) is 0 Å². The van der Waals surface area contributed by atoms with Crippen molar-refractivity contribution >= 4 is 23.3 Å². The van der Waals surface area contributed by atoms with Crippen LogP contribution in [0.4, 0.5) is 5.69 Å². The first-order valence-electron chi connectivity index (χ1n) is 7.24. The van der Waals surface area contributed by atoms with Gasteiger partial charge in [-0.3, -0.25) is 14.4 Å². The molecule has 1 amide bonds. The second-order valence-corrected chi connectivity index (χ2v) is 5.30. The number of aryl methyl sites for hydroxylation is 1. The van der Waals surface area contributed by atoms with Crippen LogP contribution in [0.3, 0.4) is 0 Å². The van der Waals surface area contributed by atoms with Gasteiger partial charge in [-0.2, -0.15) is 0 Å². The number of hydrogen-bond acceptors (Lipinski definition) is 3. The lowest BCUT2D eigenvalue weighted by Crippen LogP contribution is -2.09. The van der Waals surface area contributed by atoms with E-state index in [9.17, 15) is 14.4 Å². The molecule has 5 nitrogen and oxygen atoms in total. The van der Waals surface area contributed by atoms with E-state index >= 15 is 0 Å². The molecule has 0 fully saturated rings. The van der Waals surface area contributed by atoms with E-state index in [0.717, 1.165) is 24.1 Å². The molecule has 1 aromatic carbocycles. The zero-order chi connectivity index (χ0) is 15.2. The molecular formula is C16H19NO4. The Morgan fingerprint density at radius 1 is 1.14 bits per heavy atom. The number of rotatable bonds is 6. The van der Waals surface area contributed by atoms with Crippen LogP contribution < -0.4 is 5.32 Å². The molecule has 0 spiro atoms. The average molecular weight is 289 g/mol. The van der Waals surface area contributed by atoms with E-state index in [1.54, 1.807) is 12.1 Å². The van der Waals surface area contributed by atoms with E-state index in [2.05, 4.69) is 5.32 Å². The summed E-state index contributed by atoms with van der Waals surface area (Å²) in [5, 5.41) is 11.4. The minimum absolute atomic E-state index is 0.0153. The van der Waals surface area contributed by atoms with Crippen molar-refractivity contribution < 1.29 is 19.5 Å². The molecule has 0 saturated heterocycles. The summed E-state index contributed by atoms with van der Waals surface area (Å²) in [6.45, 7) is 0. The second kappa shape index (κ2) is 7.02. The van der Waals surface area contributed by atoms with Gasteiger partial charge in [0.2, 0.25) is 5.91 Å². The third-order valence-electron chi connectivity index (χ3n) is 3.60. The highest BCUT2D eigenvalue weighted by Gasteiger charge is 2.15. The molecule has 112 valence electrons. The summed E-state index contributed by atoms with van der Waals surface area (Å²) in [6, 6.07) is 5.35. The van der Waals surface area contributed by atoms with Gasteiger partial charge in [-0.25, -0.2) is 0 Å². The number of aliphatic carboxylic acids is 1. The monoisotopic (exact) mass is 289 g/mol. The zero-order valence-electron chi connectivity index (χ0n) is 11.9. The number of ketones is 1. The maximum Gasteiger partial charge on any atom is 0.303 e. The first-order valence-corrected chi connectivity index (χ1v) is 7.24. The van der Waals surface area contributed by atoms with Gasteiger partial charge in [-0.15, -0.1) is 0 Å². The van der Waals surface area contributed by atoms with Crippen LogP contribution in [0.15, 0.2) is 18.2 Å². The topological polar surface area (TPSA) is 83.5 Å². The Balaban J connectivity index is 1.97.